The molecule has 6 nitrogen and oxygen atoms in total. The third kappa shape index (κ3) is 4.67. The average Bonchev–Trinajstić information content (AvgIpc) is 3.11. The number of thioether (sulfide) groups is 1. The van der Waals surface area contributed by atoms with Crippen LogP contribution in [0.15, 0.2) is 64.2 Å². The lowest BCUT2D eigenvalue weighted by atomic mass is 10.2. The molecular formula is C17H16BrN5OS. The second-order valence-corrected chi connectivity index (χ2v) is 7.23. The van der Waals surface area contributed by atoms with E-state index in [9.17, 15) is 4.79 Å². The number of aromatic nitrogens is 4. The Balaban J connectivity index is 1.59. The van der Waals surface area contributed by atoms with E-state index in [1.807, 2.05) is 54.6 Å². The number of hydrogen-bond donors (Lipinski definition) is 0. The Bertz CT molecular complexity index is 838. The second kappa shape index (κ2) is 8.26. The van der Waals surface area contributed by atoms with E-state index in [1.165, 1.54) is 11.8 Å². The van der Waals surface area contributed by atoms with Gasteiger partial charge >= 0.3 is 0 Å². The number of benzene rings is 2. The fraction of sp³-hybridized carbons (Fsp3) is 0.176. The Morgan fingerprint density at radius 3 is 2.60 bits per heavy atom. The summed E-state index contributed by atoms with van der Waals surface area (Å²) in [5.74, 6) is 0.302. The van der Waals surface area contributed by atoms with Crippen molar-refractivity contribution < 1.29 is 4.79 Å². The van der Waals surface area contributed by atoms with Gasteiger partial charge < -0.3 is 4.90 Å². The minimum atomic E-state index is 0.0236. The Morgan fingerprint density at radius 2 is 1.88 bits per heavy atom. The highest BCUT2D eigenvalue weighted by atomic mass is 79.9. The standard InChI is InChI=1S/C17H16BrN5OS/c1-22(11-13-7-9-14(18)10-8-13)16(24)12-25-17-19-20-21-23(17)15-5-3-2-4-6-15/h2-10H,11-12H2,1H3. The number of amides is 1. The summed E-state index contributed by atoms with van der Waals surface area (Å²) in [7, 11) is 1.80. The molecule has 1 aromatic heterocycles. The number of para-hydroxylation sites is 1. The van der Waals surface area contributed by atoms with Crippen molar-refractivity contribution in [3.05, 3.63) is 64.6 Å². The molecule has 8 heteroatoms. The molecule has 3 rings (SSSR count). The molecule has 0 bridgehead atoms. The molecule has 2 aromatic carbocycles. The predicted molar refractivity (Wildman–Crippen MR) is 100 cm³/mol. The molecule has 0 aliphatic rings. The zero-order chi connectivity index (χ0) is 17.6. The van der Waals surface area contributed by atoms with Crippen LogP contribution in [0.1, 0.15) is 5.56 Å². The molecule has 0 saturated carbocycles. The first-order valence-electron chi connectivity index (χ1n) is 7.58. The lowest BCUT2D eigenvalue weighted by Gasteiger charge is -2.17. The number of rotatable bonds is 6. The Labute approximate surface area is 158 Å². The topological polar surface area (TPSA) is 63.9 Å². The average molecular weight is 418 g/mol. The fourth-order valence-corrected chi connectivity index (χ4v) is 3.28. The third-order valence-corrected chi connectivity index (χ3v) is 4.96. The van der Waals surface area contributed by atoms with Crippen LogP contribution in [0, 0.1) is 0 Å². The van der Waals surface area contributed by atoms with E-state index in [1.54, 1.807) is 16.6 Å². The fourth-order valence-electron chi connectivity index (χ4n) is 2.19. The summed E-state index contributed by atoms with van der Waals surface area (Å²) in [4.78, 5) is 14.1. The number of tetrazole rings is 1. The molecule has 0 aliphatic carbocycles. The van der Waals surface area contributed by atoms with Crippen molar-refractivity contribution in [1.82, 2.24) is 25.1 Å². The Morgan fingerprint density at radius 1 is 1.16 bits per heavy atom. The number of hydrogen-bond acceptors (Lipinski definition) is 5. The van der Waals surface area contributed by atoms with E-state index in [0.29, 0.717) is 11.7 Å². The number of nitrogens with zero attached hydrogens (tertiary/aromatic N) is 5. The zero-order valence-electron chi connectivity index (χ0n) is 13.5. The van der Waals surface area contributed by atoms with Crippen LogP contribution in [0.3, 0.4) is 0 Å². The van der Waals surface area contributed by atoms with Crippen molar-refractivity contribution in [2.24, 2.45) is 0 Å². The summed E-state index contributed by atoms with van der Waals surface area (Å²) in [5.41, 5.74) is 1.95. The van der Waals surface area contributed by atoms with Gasteiger partial charge in [0.15, 0.2) is 0 Å². The van der Waals surface area contributed by atoms with Gasteiger partial charge in [-0.3, -0.25) is 4.79 Å². The van der Waals surface area contributed by atoms with Gasteiger partial charge in [0.25, 0.3) is 0 Å². The maximum absolute atomic E-state index is 12.4. The molecule has 0 unspecified atom stereocenters. The lowest BCUT2D eigenvalue weighted by molar-refractivity contribution is -0.127. The van der Waals surface area contributed by atoms with Crippen molar-refractivity contribution >= 4 is 33.6 Å². The highest BCUT2D eigenvalue weighted by Crippen LogP contribution is 2.19. The molecule has 0 spiro atoms. The summed E-state index contributed by atoms with van der Waals surface area (Å²) in [6.45, 7) is 0.566. The smallest absolute Gasteiger partial charge is 0.233 e. The number of carbonyl (C=O) groups excluding carboxylic acids is 1. The van der Waals surface area contributed by atoms with Crippen LogP contribution in [0.4, 0.5) is 0 Å². The molecule has 0 saturated heterocycles. The van der Waals surface area contributed by atoms with Crippen molar-refractivity contribution in [3.8, 4) is 5.69 Å². The number of halogens is 1. The van der Waals surface area contributed by atoms with E-state index < -0.39 is 0 Å². The molecule has 0 atom stereocenters. The van der Waals surface area contributed by atoms with E-state index >= 15 is 0 Å². The van der Waals surface area contributed by atoms with Crippen LogP contribution in [-0.4, -0.2) is 43.8 Å². The zero-order valence-corrected chi connectivity index (χ0v) is 15.9. The maximum Gasteiger partial charge on any atom is 0.233 e. The molecule has 0 N–H and O–H groups in total. The highest BCUT2D eigenvalue weighted by molar-refractivity contribution is 9.10. The molecule has 0 radical (unpaired) electrons. The van der Waals surface area contributed by atoms with Crippen molar-refractivity contribution in [2.45, 2.75) is 11.7 Å². The Hall–Kier alpha value is -2.19. The first kappa shape index (κ1) is 17.6. The molecule has 0 fully saturated rings. The van der Waals surface area contributed by atoms with Crippen LogP contribution in [0.5, 0.6) is 0 Å². The van der Waals surface area contributed by atoms with Gasteiger partial charge in [-0.2, -0.15) is 4.68 Å². The minimum absolute atomic E-state index is 0.0236. The van der Waals surface area contributed by atoms with Crippen LogP contribution in [-0.2, 0) is 11.3 Å². The van der Waals surface area contributed by atoms with Crippen LogP contribution < -0.4 is 0 Å². The molecule has 0 aliphatic heterocycles. The minimum Gasteiger partial charge on any atom is -0.341 e. The van der Waals surface area contributed by atoms with Crippen molar-refractivity contribution in [3.63, 3.8) is 0 Å². The summed E-state index contributed by atoms with van der Waals surface area (Å²) in [6, 6.07) is 17.5. The molecule has 128 valence electrons. The highest BCUT2D eigenvalue weighted by Gasteiger charge is 2.14. The van der Waals surface area contributed by atoms with Crippen LogP contribution in [0.2, 0.25) is 0 Å². The van der Waals surface area contributed by atoms with Crippen molar-refractivity contribution in [1.29, 1.82) is 0 Å². The predicted octanol–water partition coefficient (Wildman–Crippen LogP) is 3.18. The summed E-state index contributed by atoms with van der Waals surface area (Å²) in [6.07, 6.45) is 0. The Kier molecular flexibility index (Phi) is 5.83. The molecule has 25 heavy (non-hydrogen) atoms. The maximum atomic E-state index is 12.4. The van der Waals surface area contributed by atoms with Gasteiger partial charge in [0.2, 0.25) is 11.1 Å². The van der Waals surface area contributed by atoms with Gasteiger partial charge in [-0.25, -0.2) is 0 Å². The van der Waals surface area contributed by atoms with Gasteiger partial charge in [-0.1, -0.05) is 58.0 Å². The van der Waals surface area contributed by atoms with E-state index in [-0.39, 0.29) is 11.7 Å². The molecule has 1 amide bonds. The van der Waals surface area contributed by atoms with Gasteiger partial charge in [0.1, 0.15) is 0 Å². The summed E-state index contributed by atoms with van der Waals surface area (Å²) < 4.78 is 2.65. The third-order valence-electron chi connectivity index (χ3n) is 3.53. The van der Waals surface area contributed by atoms with Crippen LogP contribution in [0.25, 0.3) is 5.69 Å². The largest absolute Gasteiger partial charge is 0.341 e. The van der Waals surface area contributed by atoms with Gasteiger partial charge in [-0.05, 0) is 40.3 Å². The first-order valence-corrected chi connectivity index (χ1v) is 9.36. The monoisotopic (exact) mass is 417 g/mol. The molecule has 3 aromatic rings. The van der Waals surface area contributed by atoms with E-state index in [2.05, 4.69) is 31.5 Å². The second-order valence-electron chi connectivity index (χ2n) is 5.37. The van der Waals surface area contributed by atoms with E-state index in [4.69, 9.17) is 0 Å². The first-order chi connectivity index (χ1) is 12.1. The van der Waals surface area contributed by atoms with Gasteiger partial charge in [-0.15, -0.1) is 5.10 Å². The van der Waals surface area contributed by atoms with Crippen LogP contribution >= 0.6 is 27.7 Å². The van der Waals surface area contributed by atoms with Gasteiger partial charge in [0.05, 0.1) is 11.4 Å². The van der Waals surface area contributed by atoms with Crippen molar-refractivity contribution in [2.75, 3.05) is 12.8 Å². The van der Waals surface area contributed by atoms with E-state index in [0.717, 1.165) is 15.7 Å². The summed E-state index contributed by atoms with van der Waals surface area (Å²) in [5, 5.41) is 12.3. The molecular weight excluding hydrogens is 402 g/mol. The quantitative estimate of drug-likeness (QED) is 0.576. The lowest BCUT2D eigenvalue weighted by Crippen LogP contribution is -2.27. The normalized spacial score (nSPS) is 10.6. The van der Waals surface area contributed by atoms with Gasteiger partial charge in [0, 0.05) is 18.1 Å². The molecule has 1 heterocycles. The summed E-state index contributed by atoms with van der Waals surface area (Å²) >= 11 is 4.73. The number of carbonyl (C=O) groups is 1. The SMILES string of the molecule is CN(Cc1ccc(Br)cc1)C(=O)CSc1nnnn1-c1ccccc1.